The number of anilines is 2. The summed E-state index contributed by atoms with van der Waals surface area (Å²) in [5.74, 6) is 0.866. The monoisotopic (exact) mass is 202 g/mol. The molecule has 1 fully saturated rings. The third kappa shape index (κ3) is 1.86. The van der Waals surface area contributed by atoms with E-state index in [0.29, 0.717) is 17.4 Å². The van der Waals surface area contributed by atoms with Gasteiger partial charge in [0.15, 0.2) is 5.69 Å². The highest BCUT2D eigenvalue weighted by molar-refractivity contribution is 5.56. The zero-order valence-corrected chi connectivity index (χ0v) is 8.77. The minimum atomic E-state index is 0.326. The lowest BCUT2D eigenvalue weighted by atomic mass is 10.3. The molecule has 1 heterocycles. The van der Waals surface area contributed by atoms with Crippen molar-refractivity contribution in [1.29, 1.82) is 5.26 Å². The van der Waals surface area contributed by atoms with Gasteiger partial charge in [-0.15, -0.1) is 0 Å². The lowest BCUT2D eigenvalue weighted by Crippen LogP contribution is -2.26. The Bertz CT molecular complexity index is 404. The number of hydrogen-bond donors (Lipinski definition) is 1. The topological polar surface area (TPSA) is 65.9 Å². The highest BCUT2D eigenvalue weighted by Crippen LogP contribution is 2.30. The van der Waals surface area contributed by atoms with Crippen LogP contribution in [0.1, 0.15) is 25.5 Å². The number of hydrogen-bond acceptors (Lipinski definition) is 4. The van der Waals surface area contributed by atoms with E-state index in [2.05, 4.69) is 16.8 Å². The molecule has 1 saturated carbocycles. The number of rotatable bonds is 3. The van der Waals surface area contributed by atoms with E-state index in [1.165, 1.54) is 12.8 Å². The van der Waals surface area contributed by atoms with E-state index in [9.17, 15) is 0 Å². The van der Waals surface area contributed by atoms with Gasteiger partial charge in [-0.3, -0.25) is 0 Å². The number of aromatic nitrogens is 1. The summed E-state index contributed by atoms with van der Waals surface area (Å²) in [5, 5.41) is 8.84. The molecule has 2 N–H and O–H groups in total. The predicted octanol–water partition coefficient (Wildman–Crippen LogP) is 1.52. The molecular weight excluding hydrogens is 188 g/mol. The fourth-order valence-corrected chi connectivity index (χ4v) is 1.70. The summed E-state index contributed by atoms with van der Waals surface area (Å²) < 4.78 is 0. The van der Waals surface area contributed by atoms with Crippen molar-refractivity contribution in [3.8, 4) is 6.07 Å². The van der Waals surface area contributed by atoms with Crippen molar-refractivity contribution in [3.05, 3.63) is 17.8 Å². The Hall–Kier alpha value is -1.76. The van der Waals surface area contributed by atoms with Crippen LogP contribution in [0.2, 0.25) is 0 Å². The van der Waals surface area contributed by atoms with Gasteiger partial charge < -0.3 is 10.6 Å². The number of nitrogens with two attached hydrogens (primary N) is 1. The maximum absolute atomic E-state index is 8.84. The number of nitrogen functional groups attached to an aromatic ring is 1. The summed E-state index contributed by atoms with van der Waals surface area (Å²) in [6, 6.07) is 6.26. The minimum Gasteiger partial charge on any atom is -0.396 e. The third-order valence-electron chi connectivity index (χ3n) is 2.64. The molecule has 0 saturated heterocycles. The standard InChI is InChI=1S/C11H14N4/c1-2-15(8-3-4-8)11-6-5-9(13)10(7-12)14-11/h5-6,8H,2-4,13H2,1H3. The van der Waals surface area contributed by atoms with Crippen molar-refractivity contribution in [3.63, 3.8) is 0 Å². The maximum Gasteiger partial charge on any atom is 0.165 e. The minimum absolute atomic E-state index is 0.326. The normalized spacial score (nSPS) is 14.7. The highest BCUT2D eigenvalue weighted by Gasteiger charge is 2.28. The summed E-state index contributed by atoms with van der Waals surface area (Å²) in [7, 11) is 0. The molecule has 78 valence electrons. The fraction of sp³-hybridized carbons (Fsp3) is 0.455. The second-order valence-corrected chi connectivity index (χ2v) is 3.74. The molecule has 1 aromatic heterocycles. The lowest BCUT2D eigenvalue weighted by molar-refractivity contribution is 0.808. The van der Waals surface area contributed by atoms with Crippen molar-refractivity contribution in [2.75, 3.05) is 17.2 Å². The molecule has 0 aliphatic heterocycles. The van der Waals surface area contributed by atoms with Gasteiger partial charge in [-0.05, 0) is 31.9 Å². The van der Waals surface area contributed by atoms with Gasteiger partial charge in [0.05, 0.1) is 5.69 Å². The van der Waals surface area contributed by atoms with E-state index in [1.54, 1.807) is 6.07 Å². The van der Waals surface area contributed by atoms with Gasteiger partial charge in [-0.2, -0.15) is 5.26 Å². The van der Waals surface area contributed by atoms with Gasteiger partial charge in [0, 0.05) is 12.6 Å². The van der Waals surface area contributed by atoms with Gasteiger partial charge in [-0.25, -0.2) is 4.98 Å². The smallest absolute Gasteiger partial charge is 0.165 e. The summed E-state index contributed by atoms with van der Waals surface area (Å²) in [5.41, 5.74) is 6.41. The summed E-state index contributed by atoms with van der Waals surface area (Å²) in [6.07, 6.45) is 2.45. The Balaban J connectivity index is 2.31. The number of pyridine rings is 1. The van der Waals surface area contributed by atoms with Crippen LogP contribution < -0.4 is 10.6 Å². The summed E-state index contributed by atoms with van der Waals surface area (Å²) >= 11 is 0. The van der Waals surface area contributed by atoms with Crippen LogP contribution in [0.25, 0.3) is 0 Å². The first kappa shape index (κ1) is 9.78. The number of nitrogens with zero attached hydrogens (tertiary/aromatic N) is 3. The maximum atomic E-state index is 8.84. The van der Waals surface area contributed by atoms with Gasteiger partial charge in [0.25, 0.3) is 0 Å². The van der Waals surface area contributed by atoms with E-state index in [-0.39, 0.29) is 0 Å². The van der Waals surface area contributed by atoms with Gasteiger partial charge in [-0.1, -0.05) is 0 Å². The first-order chi connectivity index (χ1) is 7.26. The Morgan fingerprint density at radius 1 is 1.60 bits per heavy atom. The van der Waals surface area contributed by atoms with E-state index in [0.717, 1.165) is 12.4 Å². The van der Waals surface area contributed by atoms with E-state index >= 15 is 0 Å². The molecule has 2 rings (SSSR count). The molecule has 0 aromatic carbocycles. The van der Waals surface area contributed by atoms with Crippen LogP contribution in [0.3, 0.4) is 0 Å². The molecule has 0 amide bonds. The Morgan fingerprint density at radius 2 is 2.33 bits per heavy atom. The fourth-order valence-electron chi connectivity index (χ4n) is 1.70. The molecule has 0 unspecified atom stereocenters. The molecule has 1 aliphatic carbocycles. The summed E-state index contributed by atoms with van der Waals surface area (Å²) in [6.45, 7) is 3.02. The second kappa shape index (κ2) is 3.77. The van der Waals surface area contributed by atoms with E-state index < -0.39 is 0 Å². The van der Waals surface area contributed by atoms with E-state index in [4.69, 9.17) is 11.0 Å². The Morgan fingerprint density at radius 3 is 2.87 bits per heavy atom. The molecule has 1 aliphatic rings. The van der Waals surface area contributed by atoms with Crippen LogP contribution in [-0.2, 0) is 0 Å². The average molecular weight is 202 g/mol. The Labute approximate surface area is 89.3 Å². The van der Waals surface area contributed by atoms with Crippen molar-refractivity contribution in [2.24, 2.45) is 0 Å². The molecule has 0 spiro atoms. The van der Waals surface area contributed by atoms with Crippen molar-refractivity contribution >= 4 is 11.5 Å². The first-order valence-electron chi connectivity index (χ1n) is 5.19. The van der Waals surface area contributed by atoms with Gasteiger partial charge in [0.1, 0.15) is 11.9 Å². The van der Waals surface area contributed by atoms with Crippen LogP contribution in [0.15, 0.2) is 12.1 Å². The van der Waals surface area contributed by atoms with Crippen LogP contribution in [0, 0.1) is 11.3 Å². The second-order valence-electron chi connectivity index (χ2n) is 3.74. The molecule has 0 bridgehead atoms. The third-order valence-corrected chi connectivity index (χ3v) is 2.64. The predicted molar refractivity (Wildman–Crippen MR) is 59.4 cm³/mol. The molecule has 1 aromatic rings. The molecule has 15 heavy (non-hydrogen) atoms. The van der Waals surface area contributed by atoms with E-state index in [1.807, 2.05) is 12.1 Å². The van der Waals surface area contributed by atoms with Crippen LogP contribution >= 0.6 is 0 Å². The number of nitriles is 1. The zero-order valence-electron chi connectivity index (χ0n) is 8.77. The molecule has 4 nitrogen and oxygen atoms in total. The van der Waals surface area contributed by atoms with Gasteiger partial charge in [0.2, 0.25) is 0 Å². The van der Waals surface area contributed by atoms with Crippen LogP contribution in [0.5, 0.6) is 0 Å². The van der Waals surface area contributed by atoms with Crippen molar-refractivity contribution in [1.82, 2.24) is 4.98 Å². The SMILES string of the molecule is CCN(c1ccc(N)c(C#N)n1)C1CC1. The molecule has 0 radical (unpaired) electrons. The molecule has 0 atom stereocenters. The van der Waals surface area contributed by atoms with Gasteiger partial charge >= 0.3 is 0 Å². The Kier molecular flexibility index (Phi) is 2.46. The first-order valence-corrected chi connectivity index (χ1v) is 5.19. The lowest BCUT2D eigenvalue weighted by Gasteiger charge is -2.21. The van der Waals surface area contributed by atoms with Crippen molar-refractivity contribution < 1.29 is 0 Å². The average Bonchev–Trinajstić information content (AvgIpc) is 3.06. The largest absolute Gasteiger partial charge is 0.396 e. The van der Waals surface area contributed by atoms with Crippen molar-refractivity contribution in [2.45, 2.75) is 25.8 Å². The highest BCUT2D eigenvalue weighted by atomic mass is 15.2. The molecule has 4 heteroatoms. The van der Waals surface area contributed by atoms with Crippen LogP contribution in [-0.4, -0.2) is 17.6 Å². The van der Waals surface area contributed by atoms with Crippen LogP contribution in [0.4, 0.5) is 11.5 Å². The molecular formula is C11H14N4. The quantitative estimate of drug-likeness (QED) is 0.807. The summed E-state index contributed by atoms with van der Waals surface area (Å²) in [4.78, 5) is 6.49. The zero-order chi connectivity index (χ0) is 10.8.